The van der Waals surface area contributed by atoms with Crippen LogP contribution in [-0.2, 0) is 6.18 Å². The molecule has 2 atom stereocenters. The van der Waals surface area contributed by atoms with E-state index in [4.69, 9.17) is 0 Å². The predicted octanol–water partition coefficient (Wildman–Crippen LogP) is 3.56. The molecule has 1 aromatic heterocycles. The van der Waals surface area contributed by atoms with Gasteiger partial charge in [-0.2, -0.15) is 13.2 Å². The molecule has 2 rings (SSSR count). The minimum absolute atomic E-state index is 0.178. The van der Waals surface area contributed by atoms with Crippen LogP contribution in [0.2, 0.25) is 0 Å². The van der Waals surface area contributed by atoms with Gasteiger partial charge in [0.25, 0.3) is 0 Å². The number of aliphatic hydroxyl groups is 1. The molecule has 124 valence electrons. The fourth-order valence-electron chi connectivity index (χ4n) is 2.03. The maximum atomic E-state index is 12.8. The fourth-order valence-corrected chi connectivity index (χ4v) is 2.03. The van der Waals surface area contributed by atoms with Crippen molar-refractivity contribution in [1.82, 2.24) is 10.2 Å². The number of hydrogen-bond acceptors (Lipinski definition) is 4. The predicted molar refractivity (Wildman–Crippen MR) is 76.1 cm³/mol. The third-order valence-electron chi connectivity index (χ3n) is 3.18. The molecule has 1 aromatic carbocycles. The van der Waals surface area contributed by atoms with Crippen LogP contribution in [0.3, 0.4) is 0 Å². The van der Waals surface area contributed by atoms with Gasteiger partial charge in [-0.05, 0) is 43.2 Å². The first kappa shape index (κ1) is 17.1. The summed E-state index contributed by atoms with van der Waals surface area (Å²) in [5, 5.41) is 19.5. The van der Waals surface area contributed by atoms with Crippen LogP contribution >= 0.6 is 0 Å². The van der Waals surface area contributed by atoms with Crippen molar-refractivity contribution in [3.8, 4) is 0 Å². The Morgan fingerprint density at radius 2 is 1.74 bits per heavy atom. The topological polar surface area (TPSA) is 58.0 Å². The molecule has 1 heterocycles. The van der Waals surface area contributed by atoms with Crippen LogP contribution in [0.25, 0.3) is 0 Å². The van der Waals surface area contributed by atoms with E-state index in [0.29, 0.717) is 5.56 Å². The van der Waals surface area contributed by atoms with E-state index < -0.39 is 23.8 Å². The van der Waals surface area contributed by atoms with E-state index in [1.54, 1.807) is 6.92 Å². The lowest BCUT2D eigenvalue weighted by atomic mass is 10.0. The second-order valence-electron chi connectivity index (χ2n) is 5.15. The Morgan fingerprint density at radius 1 is 1.09 bits per heavy atom. The van der Waals surface area contributed by atoms with Crippen molar-refractivity contribution in [2.24, 2.45) is 0 Å². The third kappa shape index (κ3) is 4.88. The summed E-state index contributed by atoms with van der Waals surface area (Å²) in [4.78, 5) is 0. The largest absolute Gasteiger partial charge is 0.435 e. The normalized spacial score (nSPS) is 14.3. The highest BCUT2D eigenvalue weighted by molar-refractivity contribution is 5.34. The van der Waals surface area contributed by atoms with Gasteiger partial charge in [-0.1, -0.05) is 12.1 Å². The molecule has 0 aliphatic carbocycles. The molecule has 8 heteroatoms. The molecular formula is C15H15F4N3O. The first-order chi connectivity index (χ1) is 10.8. The van der Waals surface area contributed by atoms with Gasteiger partial charge in [0.05, 0.1) is 6.10 Å². The van der Waals surface area contributed by atoms with Gasteiger partial charge in [0.1, 0.15) is 11.6 Å². The summed E-state index contributed by atoms with van der Waals surface area (Å²) < 4.78 is 50.0. The first-order valence-corrected chi connectivity index (χ1v) is 6.86. The quantitative estimate of drug-likeness (QED) is 0.824. The van der Waals surface area contributed by atoms with Crippen LogP contribution in [0.5, 0.6) is 0 Å². The fraction of sp³-hybridized carbons (Fsp3) is 0.333. The number of benzene rings is 1. The molecule has 0 spiro atoms. The standard InChI is InChI=1S/C15H15F4N3O/c1-9(8-12(23)10-2-4-11(16)5-3-10)20-14-7-6-13(21-22-14)15(17,18)19/h2-7,9,12,23H,8H2,1H3,(H,20,22). The molecule has 0 radical (unpaired) electrons. The number of nitrogens with one attached hydrogen (secondary N) is 1. The zero-order valence-electron chi connectivity index (χ0n) is 12.2. The van der Waals surface area contributed by atoms with Gasteiger partial charge in [0.15, 0.2) is 5.69 Å². The number of aliphatic hydroxyl groups excluding tert-OH is 1. The summed E-state index contributed by atoms with van der Waals surface area (Å²) in [5.41, 5.74) is -0.513. The summed E-state index contributed by atoms with van der Waals surface area (Å²) in [6.45, 7) is 1.74. The van der Waals surface area contributed by atoms with Gasteiger partial charge < -0.3 is 10.4 Å². The summed E-state index contributed by atoms with van der Waals surface area (Å²) in [6, 6.07) is 7.18. The van der Waals surface area contributed by atoms with E-state index in [1.807, 2.05) is 0 Å². The number of rotatable bonds is 5. The maximum absolute atomic E-state index is 12.8. The second kappa shape index (κ2) is 6.91. The Hall–Kier alpha value is -2.22. The van der Waals surface area contributed by atoms with Crippen molar-refractivity contribution in [3.63, 3.8) is 0 Å². The van der Waals surface area contributed by atoms with Crippen molar-refractivity contribution in [1.29, 1.82) is 0 Å². The number of aromatic nitrogens is 2. The van der Waals surface area contributed by atoms with Crippen LogP contribution in [-0.4, -0.2) is 21.3 Å². The van der Waals surface area contributed by atoms with Crippen LogP contribution in [0.1, 0.15) is 30.7 Å². The summed E-state index contributed by atoms with van der Waals surface area (Å²) in [7, 11) is 0. The van der Waals surface area contributed by atoms with Crippen molar-refractivity contribution in [2.45, 2.75) is 31.7 Å². The van der Waals surface area contributed by atoms with Crippen LogP contribution in [0.4, 0.5) is 23.4 Å². The third-order valence-corrected chi connectivity index (χ3v) is 3.18. The van der Waals surface area contributed by atoms with Gasteiger partial charge in [-0.15, -0.1) is 10.2 Å². The Bertz CT molecular complexity index is 629. The molecule has 4 nitrogen and oxygen atoms in total. The molecule has 23 heavy (non-hydrogen) atoms. The van der Waals surface area contributed by atoms with E-state index in [-0.39, 0.29) is 18.3 Å². The number of nitrogens with zero attached hydrogens (tertiary/aromatic N) is 2. The Kier molecular flexibility index (Phi) is 5.15. The van der Waals surface area contributed by atoms with Crippen LogP contribution in [0.15, 0.2) is 36.4 Å². The van der Waals surface area contributed by atoms with Crippen molar-refractivity contribution < 1.29 is 22.7 Å². The summed E-state index contributed by atoms with van der Waals surface area (Å²) in [6.07, 6.45) is -5.09. The molecule has 2 N–H and O–H groups in total. The SMILES string of the molecule is CC(CC(O)c1ccc(F)cc1)Nc1ccc(C(F)(F)F)nn1. The van der Waals surface area contributed by atoms with Gasteiger partial charge >= 0.3 is 6.18 Å². The van der Waals surface area contributed by atoms with Crippen molar-refractivity contribution in [3.05, 3.63) is 53.5 Å². The second-order valence-corrected chi connectivity index (χ2v) is 5.15. The molecule has 2 unspecified atom stereocenters. The van der Waals surface area contributed by atoms with Gasteiger partial charge in [-0.3, -0.25) is 0 Å². The molecule has 0 aliphatic rings. The molecule has 0 bridgehead atoms. The van der Waals surface area contributed by atoms with E-state index in [0.717, 1.165) is 6.07 Å². The van der Waals surface area contributed by atoms with E-state index in [1.165, 1.54) is 30.3 Å². The number of halogens is 4. The lowest BCUT2D eigenvalue weighted by Gasteiger charge is -2.18. The molecular weight excluding hydrogens is 314 g/mol. The molecule has 0 amide bonds. The van der Waals surface area contributed by atoms with Gasteiger partial charge in [0.2, 0.25) is 0 Å². The molecule has 0 saturated carbocycles. The highest BCUT2D eigenvalue weighted by atomic mass is 19.4. The number of hydrogen-bond donors (Lipinski definition) is 2. The van der Waals surface area contributed by atoms with Crippen LogP contribution < -0.4 is 5.32 Å². The lowest BCUT2D eigenvalue weighted by molar-refractivity contribution is -0.141. The number of anilines is 1. The highest BCUT2D eigenvalue weighted by Crippen LogP contribution is 2.27. The Labute approximate surface area is 130 Å². The van der Waals surface area contributed by atoms with Crippen molar-refractivity contribution >= 4 is 5.82 Å². The Balaban J connectivity index is 1.93. The highest BCUT2D eigenvalue weighted by Gasteiger charge is 2.32. The summed E-state index contributed by atoms with van der Waals surface area (Å²) >= 11 is 0. The number of alkyl halides is 3. The molecule has 0 fully saturated rings. The minimum Gasteiger partial charge on any atom is -0.388 e. The van der Waals surface area contributed by atoms with Crippen LogP contribution in [0, 0.1) is 5.82 Å². The monoisotopic (exact) mass is 329 g/mol. The molecule has 0 aliphatic heterocycles. The van der Waals surface area contributed by atoms with Crippen molar-refractivity contribution in [2.75, 3.05) is 5.32 Å². The maximum Gasteiger partial charge on any atom is 0.435 e. The molecule has 2 aromatic rings. The van der Waals surface area contributed by atoms with E-state index >= 15 is 0 Å². The average Bonchev–Trinajstić information content (AvgIpc) is 2.47. The first-order valence-electron chi connectivity index (χ1n) is 6.86. The van der Waals surface area contributed by atoms with E-state index in [9.17, 15) is 22.7 Å². The minimum atomic E-state index is -4.53. The average molecular weight is 329 g/mol. The van der Waals surface area contributed by atoms with Gasteiger partial charge in [-0.25, -0.2) is 4.39 Å². The zero-order valence-corrected chi connectivity index (χ0v) is 12.2. The Morgan fingerprint density at radius 3 is 2.26 bits per heavy atom. The zero-order chi connectivity index (χ0) is 17.0. The lowest BCUT2D eigenvalue weighted by Crippen LogP contribution is -2.20. The van der Waals surface area contributed by atoms with E-state index in [2.05, 4.69) is 15.5 Å². The molecule has 0 saturated heterocycles. The van der Waals surface area contributed by atoms with Gasteiger partial charge in [0, 0.05) is 6.04 Å². The summed E-state index contributed by atoms with van der Waals surface area (Å²) in [5.74, 6) is -0.219. The smallest absolute Gasteiger partial charge is 0.388 e.